The Morgan fingerprint density at radius 1 is 1.12 bits per heavy atom. The van der Waals surface area contributed by atoms with Crippen molar-refractivity contribution in [3.8, 4) is 17.2 Å². The van der Waals surface area contributed by atoms with Crippen molar-refractivity contribution < 1.29 is 13.9 Å². The van der Waals surface area contributed by atoms with E-state index in [2.05, 4.69) is 15.5 Å². The first-order valence-corrected chi connectivity index (χ1v) is 8.39. The van der Waals surface area contributed by atoms with E-state index in [1.807, 2.05) is 56.3 Å². The summed E-state index contributed by atoms with van der Waals surface area (Å²) in [6, 6.07) is 13.3. The number of aryl methyl sites for hydroxylation is 3. The van der Waals surface area contributed by atoms with E-state index < -0.39 is 0 Å². The molecule has 134 valence electrons. The lowest BCUT2D eigenvalue weighted by Crippen LogP contribution is -2.14. The summed E-state index contributed by atoms with van der Waals surface area (Å²) >= 11 is 0. The van der Waals surface area contributed by atoms with Crippen LogP contribution < -0.4 is 10.1 Å². The molecule has 2 aromatic carbocycles. The third-order valence-electron chi connectivity index (χ3n) is 4.10. The van der Waals surface area contributed by atoms with Crippen molar-refractivity contribution in [2.75, 3.05) is 12.4 Å². The molecule has 0 aliphatic heterocycles. The van der Waals surface area contributed by atoms with Crippen molar-refractivity contribution in [3.05, 3.63) is 59.5 Å². The molecule has 0 aliphatic carbocycles. The second-order valence-corrected chi connectivity index (χ2v) is 6.05. The Labute approximate surface area is 152 Å². The average Bonchev–Trinajstić information content (AvgIpc) is 3.12. The van der Waals surface area contributed by atoms with E-state index >= 15 is 0 Å². The number of rotatable bonds is 6. The number of benzene rings is 2. The van der Waals surface area contributed by atoms with Gasteiger partial charge in [-0.3, -0.25) is 4.79 Å². The molecule has 3 rings (SSSR count). The number of nitrogens with zero attached hydrogens (tertiary/aromatic N) is 2. The number of carbonyl (C=O) groups is 1. The van der Waals surface area contributed by atoms with E-state index in [0.29, 0.717) is 18.2 Å². The number of methoxy groups -OCH3 is 1. The molecule has 0 saturated carbocycles. The quantitative estimate of drug-likeness (QED) is 0.728. The molecule has 6 heteroatoms. The minimum Gasteiger partial charge on any atom is -0.497 e. The average molecular weight is 351 g/mol. The Morgan fingerprint density at radius 2 is 1.85 bits per heavy atom. The zero-order valence-corrected chi connectivity index (χ0v) is 15.1. The van der Waals surface area contributed by atoms with Crippen LogP contribution in [-0.2, 0) is 11.2 Å². The minimum absolute atomic E-state index is 0.0801. The molecular formula is C20H21N3O3. The Morgan fingerprint density at radius 3 is 2.58 bits per heavy atom. The van der Waals surface area contributed by atoms with Gasteiger partial charge in [-0.25, -0.2) is 0 Å². The molecule has 0 unspecified atom stereocenters. The van der Waals surface area contributed by atoms with Crippen molar-refractivity contribution >= 4 is 11.6 Å². The van der Waals surface area contributed by atoms with Crippen LogP contribution in [0.2, 0.25) is 0 Å². The molecule has 3 aromatic rings. The highest BCUT2D eigenvalue weighted by Gasteiger charge is 2.12. The lowest BCUT2D eigenvalue weighted by molar-refractivity contribution is -0.116. The van der Waals surface area contributed by atoms with Gasteiger partial charge in [0.25, 0.3) is 0 Å². The number of nitrogens with one attached hydrogen (secondary N) is 1. The normalized spacial score (nSPS) is 10.6. The molecule has 0 bridgehead atoms. The second kappa shape index (κ2) is 7.82. The van der Waals surface area contributed by atoms with Crippen molar-refractivity contribution in [1.82, 2.24) is 10.2 Å². The highest BCUT2D eigenvalue weighted by Crippen LogP contribution is 2.23. The van der Waals surface area contributed by atoms with Crippen LogP contribution in [0.5, 0.6) is 5.75 Å². The number of aromatic nitrogens is 2. The molecular weight excluding hydrogens is 330 g/mol. The zero-order valence-electron chi connectivity index (χ0n) is 15.1. The maximum absolute atomic E-state index is 12.2. The first-order valence-electron chi connectivity index (χ1n) is 8.39. The van der Waals surface area contributed by atoms with Gasteiger partial charge in [-0.05, 0) is 43.2 Å². The van der Waals surface area contributed by atoms with E-state index in [4.69, 9.17) is 9.15 Å². The molecule has 0 radical (unpaired) electrons. The first kappa shape index (κ1) is 17.7. The summed E-state index contributed by atoms with van der Waals surface area (Å²) in [5, 5.41) is 11.0. The maximum atomic E-state index is 12.2. The highest BCUT2D eigenvalue weighted by molar-refractivity contribution is 5.92. The molecule has 0 aliphatic rings. The van der Waals surface area contributed by atoms with E-state index in [0.717, 1.165) is 28.1 Å². The molecule has 26 heavy (non-hydrogen) atoms. The van der Waals surface area contributed by atoms with Crippen molar-refractivity contribution in [3.63, 3.8) is 0 Å². The van der Waals surface area contributed by atoms with Gasteiger partial charge in [-0.15, -0.1) is 10.2 Å². The summed E-state index contributed by atoms with van der Waals surface area (Å²) in [5.74, 6) is 1.48. The van der Waals surface area contributed by atoms with Crippen molar-refractivity contribution in [1.29, 1.82) is 0 Å². The maximum Gasteiger partial charge on any atom is 0.247 e. The van der Waals surface area contributed by atoms with Crippen LogP contribution in [0, 0.1) is 13.8 Å². The van der Waals surface area contributed by atoms with Crippen molar-refractivity contribution in [2.45, 2.75) is 26.7 Å². The van der Waals surface area contributed by atoms with Crippen LogP contribution in [0.4, 0.5) is 5.69 Å². The van der Waals surface area contributed by atoms with Gasteiger partial charge in [0.05, 0.1) is 7.11 Å². The molecule has 0 saturated heterocycles. The fourth-order valence-corrected chi connectivity index (χ4v) is 2.66. The third-order valence-corrected chi connectivity index (χ3v) is 4.10. The summed E-state index contributed by atoms with van der Waals surface area (Å²) in [7, 11) is 1.60. The van der Waals surface area contributed by atoms with Gasteiger partial charge in [0.15, 0.2) is 0 Å². The number of amides is 1. The van der Waals surface area contributed by atoms with Gasteiger partial charge in [-0.2, -0.15) is 0 Å². The number of carbonyl (C=O) groups excluding carboxylic acids is 1. The van der Waals surface area contributed by atoms with Crippen molar-refractivity contribution in [2.24, 2.45) is 0 Å². The van der Waals surface area contributed by atoms with Gasteiger partial charge < -0.3 is 14.5 Å². The van der Waals surface area contributed by atoms with Gasteiger partial charge in [0, 0.05) is 24.1 Å². The smallest absolute Gasteiger partial charge is 0.247 e. The fraction of sp³-hybridized carbons (Fsp3) is 0.250. The molecule has 1 amide bonds. The Bertz CT molecular complexity index is 898. The predicted molar refractivity (Wildman–Crippen MR) is 99.2 cm³/mol. The van der Waals surface area contributed by atoms with E-state index in [1.54, 1.807) is 7.11 Å². The largest absolute Gasteiger partial charge is 0.497 e. The Kier molecular flexibility index (Phi) is 5.31. The van der Waals surface area contributed by atoms with Crippen LogP contribution in [0.15, 0.2) is 46.9 Å². The first-order chi connectivity index (χ1) is 12.6. The molecule has 1 heterocycles. The Hall–Kier alpha value is -3.15. The number of hydrogen-bond acceptors (Lipinski definition) is 5. The summed E-state index contributed by atoms with van der Waals surface area (Å²) in [6.45, 7) is 3.95. The number of hydrogen-bond donors (Lipinski definition) is 1. The van der Waals surface area contributed by atoms with Gasteiger partial charge in [-0.1, -0.05) is 24.3 Å². The van der Waals surface area contributed by atoms with E-state index in [-0.39, 0.29) is 12.3 Å². The lowest BCUT2D eigenvalue weighted by atomic mass is 10.1. The van der Waals surface area contributed by atoms with Crippen LogP contribution >= 0.6 is 0 Å². The predicted octanol–water partition coefficient (Wildman–Crippen LogP) is 3.93. The topological polar surface area (TPSA) is 77.2 Å². The minimum atomic E-state index is -0.0801. The molecule has 0 atom stereocenters. The number of ether oxygens (including phenoxy) is 1. The molecule has 0 fully saturated rings. The summed E-state index contributed by atoms with van der Waals surface area (Å²) in [6.07, 6.45) is 0.654. The third kappa shape index (κ3) is 4.08. The lowest BCUT2D eigenvalue weighted by Gasteiger charge is -2.10. The van der Waals surface area contributed by atoms with Gasteiger partial charge in [0.1, 0.15) is 5.75 Å². The summed E-state index contributed by atoms with van der Waals surface area (Å²) < 4.78 is 10.9. The second-order valence-electron chi connectivity index (χ2n) is 6.05. The van der Waals surface area contributed by atoms with Gasteiger partial charge in [0.2, 0.25) is 17.7 Å². The molecule has 0 spiro atoms. The van der Waals surface area contributed by atoms with Crippen LogP contribution in [0.25, 0.3) is 11.5 Å². The fourth-order valence-electron chi connectivity index (χ4n) is 2.66. The van der Waals surface area contributed by atoms with Crippen LogP contribution in [0.3, 0.4) is 0 Å². The van der Waals surface area contributed by atoms with Gasteiger partial charge >= 0.3 is 0 Å². The SMILES string of the molecule is COc1cccc(-c2nnc(CCC(=O)Nc3c(C)cccc3C)o2)c1. The molecule has 6 nitrogen and oxygen atoms in total. The monoisotopic (exact) mass is 351 g/mol. The highest BCUT2D eigenvalue weighted by atomic mass is 16.5. The van der Waals surface area contributed by atoms with E-state index in [1.165, 1.54) is 0 Å². The summed E-state index contributed by atoms with van der Waals surface area (Å²) in [5.41, 5.74) is 3.72. The number of para-hydroxylation sites is 1. The Balaban J connectivity index is 1.62. The standard InChI is InChI=1S/C20H21N3O3/c1-13-6-4-7-14(2)19(13)21-17(24)10-11-18-22-23-20(26-18)15-8-5-9-16(12-15)25-3/h4-9,12H,10-11H2,1-3H3,(H,21,24). The van der Waals surface area contributed by atoms with Crippen LogP contribution in [0.1, 0.15) is 23.4 Å². The molecule has 1 aromatic heterocycles. The molecule has 1 N–H and O–H groups in total. The van der Waals surface area contributed by atoms with Crippen LogP contribution in [-0.4, -0.2) is 23.2 Å². The number of anilines is 1. The summed E-state index contributed by atoms with van der Waals surface area (Å²) in [4.78, 5) is 12.2. The van der Waals surface area contributed by atoms with E-state index in [9.17, 15) is 4.79 Å². The zero-order chi connectivity index (χ0) is 18.5.